The first kappa shape index (κ1) is 18.9. The van der Waals surface area contributed by atoms with Crippen LogP contribution in [-0.2, 0) is 19.5 Å². The number of imidazole rings is 1. The number of fused-ring (bicyclic) bond motifs is 1. The SMILES string of the molecule is O=C(NCc1cccc(-c2nnc3n2CCC3)c1)c1cc(-n2cnc(C3CC3)c2)ccn1. The molecule has 1 aliphatic heterocycles. The van der Waals surface area contributed by atoms with Crippen molar-refractivity contribution in [1.29, 1.82) is 0 Å². The number of amides is 1. The topological polar surface area (TPSA) is 90.5 Å². The maximum Gasteiger partial charge on any atom is 0.270 e. The lowest BCUT2D eigenvalue weighted by molar-refractivity contribution is 0.0946. The monoisotopic (exact) mass is 425 g/mol. The number of nitrogens with zero attached hydrogens (tertiary/aromatic N) is 6. The van der Waals surface area contributed by atoms with Crippen LogP contribution in [0.25, 0.3) is 17.1 Å². The van der Waals surface area contributed by atoms with Gasteiger partial charge < -0.3 is 14.5 Å². The van der Waals surface area contributed by atoms with Crippen molar-refractivity contribution in [2.75, 3.05) is 0 Å². The van der Waals surface area contributed by atoms with Crippen LogP contribution < -0.4 is 5.32 Å². The van der Waals surface area contributed by atoms with Gasteiger partial charge in [-0.3, -0.25) is 9.78 Å². The second-order valence-corrected chi connectivity index (χ2v) is 8.46. The van der Waals surface area contributed by atoms with Gasteiger partial charge in [0, 0.05) is 43.4 Å². The fraction of sp³-hybridized carbons (Fsp3) is 0.292. The van der Waals surface area contributed by atoms with Gasteiger partial charge in [-0.15, -0.1) is 10.2 Å². The van der Waals surface area contributed by atoms with E-state index in [4.69, 9.17) is 0 Å². The lowest BCUT2D eigenvalue weighted by Crippen LogP contribution is -2.24. The molecule has 4 aromatic rings. The number of hydrogen-bond donors (Lipinski definition) is 1. The molecule has 0 unspecified atom stereocenters. The zero-order chi connectivity index (χ0) is 21.5. The lowest BCUT2D eigenvalue weighted by Gasteiger charge is -2.09. The Morgan fingerprint density at radius 1 is 1.12 bits per heavy atom. The van der Waals surface area contributed by atoms with E-state index in [1.54, 1.807) is 18.6 Å². The van der Waals surface area contributed by atoms with E-state index >= 15 is 0 Å². The van der Waals surface area contributed by atoms with Gasteiger partial charge >= 0.3 is 0 Å². The summed E-state index contributed by atoms with van der Waals surface area (Å²) in [4.78, 5) is 21.5. The van der Waals surface area contributed by atoms with Crippen molar-refractivity contribution in [3.63, 3.8) is 0 Å². The molecule has 0 bridgehead atoms. The molecule has 32 heavy (non-hydrogen) atoms. The lowest BCUT2D eigenvalue weighted by atomic mass is 10.1. The summed E-state index contributed by atoms with van der Waals surface area (Å²) in [5.41, 5.74) is 4.41. The molecule has 1 aromatic carbocycles. The molecule has 2 aliphatic rings. The average molecular weight is 425 g/mol. The molecule has 4 heterocycles. The smallest absolute Gasteiger partial charge is 0.270 e. The summed E-state index contributed by atoms with van der Waals surface area (Å²) in [5.74, 6) is 2.33. The van der Waals surface area contributed by atoms with Gasteiger partial charge in [0.05, 0.1) is 17.7 Å². The largest absolute Gasteiger partial charge is 0.347 e. The third kappa shape index (κ3) is 3.57. The third-order valence-corrected chi connectivity index (χ3v) is 6.12. The molecule has 1 N–H and O–H groups in total. The Kier molecular flexibility index (Phi) is 4.56. The first-order valence-electron chi connectivity index (χ1n) is 11.0. The summed E-state index contributed by atoms with van der Waals surface area (Å²) < 4.78 is 4.13. The Morgan fingerprint density at radius 2 is 2.06 bits per heavy atom. The highest BCUT2D eigenvalue weighted by molar-refractivity contribution is 5.92. The summed E-state index contributed by atoms with van der Waals surface area (Å²) >= 11 is 0. The standard InChI is InChI=1S/C24H23N7O/c32-24(20-12-19(8-9-25-20)30-14-21(27-15-30)17-6-7-17)26-13-16-3-1-4-18(11-16)23-29-28-22-5-2-10-31(22)23/h1,3-4,8-9,11-12,14-15,17H,2,5-7,10,13H2,(H,26,32). The summed E-state index contributed by atoms with van der Waals surface area (Å²) in [5, 5.41) is 11.6. The third-order valence-electron chi connectivity index (χ3n) is 6.12. The normalized spacial score (nSPS) is 15.0. The van der Waals surface area contributed by atoms with Crippen molar-refractivity contribution in [1.82, 2.24) is 34.6 Å². The molecule has 1 aliphatic carbocycles. The van der Waals surface area contributed by atoms with Gasteiger partial charge in [0.25, 0.3) is 5.91 Å². The van der Waals surface area contributed by atoms with E-state index in [-0.39, 0.29) is 5.91 Å². The molecule has 6 rings (SSSR count). The first-order chi connectivity index (χ1) is 15.7. The summed E-state index contributed by atoms with van der Waals surface area (Å²) in [6.45, 7) is 1.37. The maximum absolute atomic E-state index is 12.8. The fourth-order valence-electron chi connectivity index (χ4n) is 4.23. The van der Waals surface area contributed by atoms with Gasteiger partial charge in [-0.2, -0.15) is 0 Å². The van der Waals surface area contributed by atoms with Crippen LogP contribution in [0.4, 0.5) is 0 Å². The highest BCUT2D eigenvalue weighted by atomic mass is 16.1. The van der Waals surface area contributed by atoms with Crippen LogP contribution in [0.1, 0.15) is 52.8 Å². The van der Waals surface area contributed by atoms with Crippen molar-refractivity contribution in [3.05, 3.63) is 77.9 Å². The Hall–Kier alpha value is -3.81. The number of aryl methyl sites for hydroxylation is 1. The molecule has 1 amide bonds. The predicted molar refractivity (Wildman–Crippen MR) is 118 cm³/mol. The minimum absolute atomic E-state index is 0.205. The van der Waals surface area contributed by atoms with Crippen molar-refractivity contribution >= 4 is 5.91 Å². The van der Waals surface area contributed by atoms with E-state index in [9.17, 15) is 4.79 Å². The number of aromatic nitrogens is 6. The van der Waals surface area contributed by atoms with Crippen molar-refractivity contribution in [2.45, 2.75) is 44.7 Å². The Bertz CT molecular complexity index is 1300. The highest BCUT2D eigenvalue weighted by Gasteiger charge is 2.26. The molecular formula is C24H23N7O. The van der Waals surface area contributed by atoms with E-state index in [2.05, 4.69) is 36.1 Å². The second kappa shape index (κ2) is 7.71. The number of nitrogens with one attached hydrogen (secondary N) is 1. The summed E-state index contributed by atoms with van der Waals surface area (Å²) in [6.07, 6.45) is 10.0. The molecule has 0 radical (unpaired) electrons. The minimum Gasteiger partial charge on any atom is -0.347 e. The molecule has 0 saturated heterocycles. The molecule has 8 nitrogen and oxygen atoms in total. The van der Waals surface area contributed by atoms with Gasteiger partial charge in [0.2, 0.25) is 0 Å². The molecule has 0 atom stereocenters. The van der Waals surface area contributed by atoms with Crippen LogP contribution in [0.5, 0.6) is 0 Å². The fourth-order valence-corrected chi connectivity index (χ4v) is 4.23. The zero-order valence-corrected chi connectivity index (χ0v) is 17.6. The van der Waals surface area contributed by atoms with Gasteiger partial charge in [-0.1, -0.05) is 18.2 Å². The number of hydrogen-bond acceptors (Lipinski definition) is 5. The number of benzene rings is 1. The van der Waals surface area contributed by atoms with E-state index < -0.39 is 0 Å². The summed E-state index contributed by atoms with van der Waals surface area (Å²) in [7, 11) is 0. The maximum atomic E-state index is 12.8. The van der Waals surface area contributed by atoms with Gasteiger partial charge in [-0.05, 0) is 43.0 Å². The minimum atomic E-state index is -0.205. The number of carbonyl (C=O) groups excluding carboxylic acids is 1. The predicted octanol–water partition coefficient (Wildman–Crippen LogP) is 3.28. The van der Waals surface area contributed by atoms with Crippen LogP contribution in [0.3, 0.4) is 0 Å². The average Bonchev–Trinajstić information content (AvgIpc) is 3.22. The summed E-state index contributed by atoms with van der Waals surface area (Å²) in [6, 6.07) is 11.8. The van der Waals surface area contributed by atoms with Gasteiger partial charge in [0.1, 0.15) is 11.5 Å². The van der Waals surface area contributed by atoms with Crippen LogP contribution in [0.2, 0.25) is 0 Å². The van der Waals surface area contributed by atoms with Gasteiger partial charge in [-0.25, -0.2) is 4.98 Å². The molecule has 0 spiro atoms. The zero-order valence-electron chi connectivity index (χ0n) is 17.6. The highest BCUT2D eigenvalue weighted by Crippen LogP contribution is 2.39. The molecular weight excluding hydrogens is 402 g/mol. The Labute approximate surface area is 185 Å². The van der Waals surface area contributed by atoms with E-state index in [0.29, 0.717) is 18.2 Å². The van der Waals surface area contributed by atoms with Crippen LogP contribution in [0.15, 0.2) is 55.1 Å². The van der Waals surface area contributed by atoms with Crippen molar-refractivity contribution in [2.24, 2.45) is 0 Å². The van der Waals surface area contributed by atoms with Crippen LogP contribution >= 0.6 is 0 Å². The first-order valence-corrected chi connectivity index (χ1v) is 11.0. The molecule has 1 fully saturated rings. The number of pyridine rings is 1. The van der Waals surface area contributed by atoms with Crippen molar-refractivity contribution in [3.8, 4) is 17.1 Å². The second-order valence-electron chi connectivity index (χ2n) is 8.46. The van der Waals surface area contributed by atoms with Crippen molar-refractivity contribution < 1.29 is 4.79 Å². The number of carbonyl (C=O) groups is 1. The Morgan fingerprint density at radius 3 is 2.97 bits per heavy atom. The van der Waals surface area contributed by atoms with Crippen LogP contribution in [0, 0.1) is 0 Å². The van der Waals surface area contributed by atoms with Gasteiger partial charge in [0.15, 0.2) is 5.82 Å². The molecule has 8 heteroatoms. The van der Waals surface area contributed by atoms with E-state index in [0.717, 1.165) is 53.5 Å². The number of rotatable bonds is 6. The molecule has 160 valence electrons. The molecule has 1 saturated carbocycles. The van der Waals surface area contributed by atoms with Crippen LogP contribution in [-0.4, -0.2) is 35.2 Å². The Balaban J connectivity index is 1.16. The van der Waals surface area contributed by atoms with E-state index in [1.807, 2.05) is 35.0 Å². The molecule has 3 aromatic heterocycles. The quantitative estimate of drug-likeness (QED) is 0.512. The van der Waals surface area contributed by atoms with E-state index in [1.165, 1.54) is 12.8 Å².